The van der Waals surface area contributed by atoms with Crippen LogP contribution < -0.4 is 27.8 Å². The van der Waals surface area contributed by atoms with Crippen molar-refractivity contribution >= 4 is 0 Å². The van der Waals surface area contributed by atoms with Crippen LogP contribution >= 0.6 is 0 Å². The van der Waals surface area contributed by atoms with Crippen LogP contribution in [0.2, 0.25) is 0 Å². The normalized spacial score (nSPS) is 10.7. The second kappa shape index (κ2) is 10.2. The first-order valence-electron chi connectivity index (χ1n) is 6.95. The molecule has 0 unspecified atom stereocenters. The third-order valence-corrected chi connectivity index (χ3v) is 2.89. The first-order valence-corrected chi connectivity index (χ1v) is 8.18. The van der Waals surface area contributed by atoms with Crippen molar-refractivity contribution < 1.29 is 38.0 Å². The fraction of sp³-hybridized carbons (Fsp3) is 0.333. The summed E-state index contributed by atoms with van der Waals surface area (Å²) >= 11 is 0. The van der Waals surface area contributed by atoms with E-state index in [9.17, 15) is 0 Å². The van der Waals surface area contributed by atoms with Crippen molar-refractivity contribution in [2.75, 3.05) is 0 Å². The summed E-state index contributed by atoms with van der Waals surface area (Å²) in [4.78, 5) is 0. The molecule has 0 aliphatic carbocycles. The highest BCUT2D eigenvalue weighted by atomic mass is 35.7. The van der Waals surface area contributed by atoms with Gasteiger partial charge >= 0.3 is 0 Å². The highest BCUT2D eigenvalue weighted by Crippen LogP contribution is 1.95. The molecule has 2 rings (SSSR count). The Morgan fingerprint density at radius 2 is 0.864 bits per heavy atom. The van der Waals surface area contributed by atoms with Gasteiger partial charge in [-0.25, -0.2) is 27.8 Å². The second-order valence-corrected chi connectivity index (χ2v) is 5.42. The van der Waals surface area contributed by atoms with Crippen molar-refractivity contribution in [3.8, 4) is 0 Å². The van der Waals surface area contributed by atoms with Crippen molar-refractivity contribution in [2.45, 2.75) is 32.4 Å². The van der Waals surface area contributed by atoms with Crippen LogP contribution in [0.3, 0.4) is 0 Å². The highest BCUT2D eigenvalue weighted by Gasteiger charge is 2.00. The van der Waals surface area contributed by atoms with Gasteiger partial charge in [0.2, 0.25) is 0 Å². The van der Waals surface area contributed by atoms with E-state index in [0.29, 0.717) is 0 Å². The molecule has 2 aromatic rings. The van der Waals surface area contributed by atoms with E-state index in [1.807, 2.05) is 0 Å². The van der Waals surface area contributed by atoms with Crippen LogP contribution in [0, 0.1) is 10.2 Å². The minimum atomic E-state index is -4.94. The van der Waals surface area contributed by atoms with E-state index < -0.39 is 10.2 Å². The van der Waals surface area contributed by atoms with Crippen molar-refractivity contribution in [1.82, 2.24) is 0 Å². The Kier molecular flexibility index (Phi) is 8.57. The second-order valence-electron chi connectivity index (χ2n) is 4.67. The summed E-state index contributed by atoms with van der Waals surface area (Å²) in [6, 6.07) is 12.4. The minimum Gasteiger partial charge on any atom is -0.222 e. The first kappa shape index (κ1) is 18.5. The van der Waals surface area contributed by atoms with Crippen LogP contribution in [-0.2, 0) is 13.1 Å². The molecular weight excluding hydrogens is 308 g/mol. The molecule has 0 saturated heterocycles. The third kappa shape index (κ3) is 11.1. The monoisotopic (exact) mass is 327 g/mol. The largest absolute Gasteiger partial charge is 0.222 e. The number of aromatic nitrogens is 2. The topological polar surface area (TPSA) is 100 Å². The number of hydrogen-bond donors (Lipinski definition) is 0. The third-order valence-electron chi connectivity index (χ3n) is 2.89. The number of pyridine rings is 2. The highest BCUT2D eigenvalue weighted by molar-refractivity contribution is 4.84. The zero-order valence-corrected chi connectivity index (χ0v) is 13.0. The molecule has 22 heavy (non-hydrogen) atoms. The lowest BCUT2D eigenvalue weighted by Gasteiger charge is -2.17. The van der Waals surface area contributed by atoms with E-state index in [1.165, 1.54) is 19.3 Å². The zero-order chi connectivity index (χ0) is 16.3. The Hall–Kier alpha value is -1.57. The van der Waals surface area contributed by atoms with Gasteiger partial charge in [-0.15, -0.1) is 10.2 Å². The summed E-state index contributed by atoms with van der Waals surface area (Å²) in [6.45, 7) is 2.25. The maximum absolute atomic E-state index is 8.49. The van der Waals surface area contributed by atoms with Crippen molar-refractivity contribution in [3.05, 3.63) is 61.2 Å². The van der Waals surface area contributed by atoms with Crippen LogP contribution in [0.25, 0.3) is 0 Å². The molecule has 0 spiro atoms. The number of rotatable bonds is 6. The maximum Gasteiger partial charge on any atom is 0.168 e. The van der Waals surface area contributed by atoms with Gasteiger partial charge in [-0.1, -0.05) is 12.1 Å². The average Bonchev–Trinajstić information content (AvgIpc) is 2.47. The minimum absolute atomic E-state index is 1.13. The molecule has 6 nitrogen and oxygen atoms in total. The quantitative estimate of drug-likeness (QED) is 0.428. The number of aryl methyl sites for hydroxylation is 2. The fourth-order valence-corrected chi connectivity index (χ4v) is 1.93. The molecule has 2 aromatic heterocycles. The summed E-state index contributed by atoms with van der Waals surface area (Å²) in [5, 5.41) is 0. The van der Waals surface area contributed by atoms with E-state index in [1.54, 1.807) is 0 Å². The van der Waals surface area contributed by atoms with Gasteiger partial charge in [0, 0.05) is 37.1 Å². The molecule has 0 saturated carbocycles. The van der Waals surface area contributed by atoms with Crippen LogP contribution in [0.1, 0.15) is 19.3 Å². The van der Waals surface area contributed by atoms with Crippen LogP contribution in [0.5, 0.6) is 0 Å². The van der Waals surface area contributed by atoms with E-state index in [-0.39, 0.29) is 0 Å². The summed E-state index contributed by atoms with van der Waals surface area (Å²) in [6.07, 6.45) is 12.3. The zero-order valence-electron chi connectivity index (χ0n) is 12.2. The summed E-state index contributed by atoms with van der Waals surface area (Å²) in [7, 11) is -4.94. The molecule has 2 heterocycles. The lowest BCUT2D eigenvalue weighted by molar-refractivity contribution is -2.00. The predicted molar refractivity (Wildman–Crippen MR) is 67.1 cm³/mol. The molecule has 7 heteroatoms. The summed E-state index contributed by atoms with van der Waals surface area (Å²) < 4.78 is 38.5. The summed E-state index contributed by atoms with van der Waals surface area (Å²) in [5.41, 5.74) is 0. The Balaban J connectivity index is 0.000000422. The van der Waals surface area contributed by atoms with E-state index in [0.717, 1.165) is 13.1 Å². The van der Waals surface area contributed by atoms with E-state index in [4.69, 9.17) is 18.6 Å². The number of unbranched alkanes of at least 4 members (excludes halogenated alkanes) is 2. The molecule has 0 atom stereocenters. The van der Waals surface area contributed by atoms with E-state index >= 15 is 0 Å². The van der Waals surface area contributed by atoms with Gasteiger partial charge in [0.1, 0.15) is 13.1 Å². The molecule has 0 amide bonds. The Morgan fingerprint density at radius 3 is 1.18 bits per heavy atom. The smallest absolute Gasteiger partial charge is 0.168 e. The molecule has 0 aromatic carbocycles. The lowest BCUT2D eigenvalue weighted by Crippen LogP contribution is -2.68. The number of nitrogens with zero attached hydrogens (tertiary/aromatic N) is 2. The van der Waals surface area contributed by atoms with Gasteiger partial charge in [-0.3, -0.25) is 0 Å². The van der Waals surface area contributed by atoms with Crippen molar-refractivity contribution in [1.29, 1.82) is 0 Å². The molecule has 0 bridgehead atoms. The fourth-order valence-electron chi connectivity index (χ4n) is 1.93. The molecule has 0 radical (unpaired) electrons. The van der Waals surface area contributed by atoms with Gasteiger partial charge in [0.25, 0.3) is 0 Å². The predicted octanol–water partition coefficient (Wildman–Crippen LogP) is -2.62. The molecular formula is C15H20ClN2O4+. The van der Waals surface area contributed by atoms with Gasteiger partial charge in [0.15, 0.2) is 24.8 Å². The SMILES string of the molecule is [O-][Cl+3]([O-])([O-])[O-].c1cc[n+](CCCCC[n+]2ccccc2)cc1. The van der Waals surface area contributed by atoms with Crippen LogP contribution in [-0.4, -0.2) is 0 Å². The molecule has 120 valence electrons. The standard InChI is InChI=1S/C15H20N2.ClHO4/c1-4-10-16(11-5-1)14-8-3-9-15-17-12-6-2-7-13-17;2-1(3,4)5/h1-2,4-7,10-13H,3,8-9,14-15H2;(H,2,3,4,5)/q+2;/p-1. The molecule has 0 aliphatic heterocycles. The van der Waals surface area contributed by atoms with Crippen molar-refractivity contribution in [2.24, 2.45) is 0 Å². The summed E-state index contributed by atoms with van der Waals surface area (Å²) in [5.74, 6) is 0. The van der Waals surface area contributed by atoms with Gasteiger partial charge in [-0.2, -0.15) is 0 Å². The van der Waals surface area contributed by atoms with Gasteiger partial charge in [0.05, 0.1) is 0 Å². The Bertz CT molecular complexity index is 458. The number of hydrogen-bond acceptors (Lipinski definition) is 4. The Labute approximate surface area is 132 Å². The van der Waals surface area contributed by atoms with Gasteiger partial charge < -0.3 is 0 Å². The average molecular weight is 328 g/mol. The Morgan fingerprint density at radius 1 is 0.545 bits per heavy atom. The maximum atomic E-state index is 8.49. The van der Waals surface area contributed by atoms with Crippen LogP contribution in [0.4, 0.5) is 0 Å². The molecule has 0 aliphatic rings. The van der Waals surface area contributed by atoms with E-state index in [2.05, 4.69) is 70.3 Å². The van der Waals surface area contributed by atoms with Crippen molar-refractivity contribution in [3.63, 3.8) is 0 Å². The molecule has 0 fully saturated rings. The molecule has 0 N–H and O–H groups in total. The lowest BCUT2D eigenvalue weighted by atomic mass is 10.2. The van der Waals surface area contributed by atoms with Crippen LogP contribution in [0.15, 0.2) is 61.2 Å². The number of halogens is 1. The first-order chi connectivity index (χ1) is 10.4. The van der Waals surface area contributed by atoms with Gasteiger partial charge in [-0.05, 0) is 6.42 Å².